The molecular weight excluding hydrogens is 276 g/mol. The maximum Gasteiger partial charge on any atom is 0.376 e. The molecule has 0 spiro atoms. The quantitative estimate of drug-likeness (QED) is 0.782. The van der Waals surface area contributed by atoms with E-state index in [0.29, 0.717) is 0 Å². The molecule has 0 fully saturated rings. The molecule has 0 aromatic heterocycles. The predicted molar refractivity (Wildman–Crippen MR) is 77.9 cm³/mol. The summed E-state index contributed by atoms with van der Waals surface area (Å²) >= 11 is 0. The van der Waals surface area contributed by atoms with Gasteiger partial charge in [0.05, 0.1) is 6.61 Å². The Morgan fingerprint density at radius 1 is 1.43 bits per heavy atom. The zero-order valence-electron chi connectivity index (χ0n) is 12.5. The maximum atomic E-state index is 13.6. The number of halogens is 2. The number of esters is 1. The minimum Gasteiger partial charge on any atom is -0.462 e. The fourth-order valence-corrected chi connectivity index (χ4v) is 2.63. The number of fused-ring (bicyclic) bond motifs is 1. The van der Waals surface area contributed by atoms with E-state index < -0.39 is 18.3 Å². The second kappa shape index (κ2) is 6.41. The Kier molecular flexibility index (Phi) is 4.80. The van der Waals surface area contributed by atoms with Crippen LogP contribution in [-0.4, -0.2) is 32.1 Å². The molecule has 21 heavy (non-hydrogen) atoms. The van der Waals surface area contributed by atoms with Crippen LogP contribution in [0, 0.1) is 0 Å². The summed E-state index contributed by atoms with van der Waals surface area (Å²) in [4.78, 5) is 13.4. The van der Waals surface area contributed by atoms with E-state index in [1.807, 2.05) is 25.2 Å². The number of carbonyl (C=O) groups excluding carboxylic acids is 1. The summed E-state index contributed by atoms with van der Waals surface area (Å²) in [5, 5.41) is 0. The summed E-state index contributed by atoms with van der Waals surface area (Å²) in [6.07, 6.45) is 1.71. The highest BCUT2D eigenvalue weighted by molar-refractivity contribution is 5.77. The van der Waals surface area contributed by atoms with Gasteiger partial charge in [-0.15, -0.1) is 0 Å². The normalized spacial score (nSPS) is 14.8. The van der Waals surface area contributed by atoms with Gasteiger partial charge in [-0.25, -0.2) is 4.79 Å². The van der Waals surface area contributed by atoms with E-state index in [2.05, 4.69) is 9.64 Å². The summed E-state index contributed by atoms with van der Waals surface area (Å²) in [5.41, 5.74) is 3.20. The number of carbonyl (C=O) groups is 1. The van der Waals surface area contributed by atoms with E-state index >= 15 is 0 Å². The van der Waals surface area contributed by atoms with Gasteiger partial charge >= 0.3 is 11.9 Å². The number of ether oxygens (including phenoxy) is 1. The Labute approximate surface area is 123 Å². The number of aryl methyl sites for hydroxylation is 2. The van der Waals surface area contributed by atoms with E-state index in [0.717, 1.165) is 24.9 Å². The molecule has 0 saturated heterocycles. The standard InChI is InChI=1S/C16H21F2NO2/c1-3-21-15(20)16(17,18)9-8-12-6-7-14-13(11-12)5-4-10-19(14)2/h6-7,11H,3-5,8-10H2,1-2H3. The van der Waals surface area contributed by atoms with Crippen LogP contribution in [0.25, 0.3) is 0 Å². The number of nitrogens with zero attached hydrogens (tertiary/aromatic N) is 1. The molecule has 1 aliphatic heterocycles. The molecule has 0 saturated carbocycles. The summed E-state index contributed by atoms with van der Waals surface area (Å²) < 4.78 is 31.6. The van der Waals surface area contributed by atoms with E-state index in [4.69, 9.17) is 0 Å². The summed E-state index contributed by atoms with van der Waals surface area (Å²) in [5.74, 6) is -4.84. The lowest BCUT2D eigenvalue weighted by atomic mass is 9.97. The maximum absolute atomic E-state index is 13.6. The van der Waals surface area contributed by atoms with E-state index in [-0.39, 0.29) is 13.0 Å². The first-order valence-electron chi connectivity index (χ1n) is 7.32. The van der Waals surface area contributed by atoms with Crippen LogP contribution < -0.4 is 4.90 Å². The lowest BCUT2D eigenvalue weighted by molar-refractivity contribution is -0.172. The number of rotatable bonds is 5. The summed E-state index contributed by atoms with van der Waals surface area (Å²) in [6.45, 7) is 2.51. The second-order valence-electron chi connectivity index (χ2n) is 5.41. The van der Waals surface area contributed by atoms with Crippen LogP contribution in [0.5, 0.6) is 0 Å². The molecule has 2 rings (SSSR count). The van der Waals surface area contributed by atoms with Crippen molar-refractivity contribution < 1.29 is 18.3 Å². The molecule has 116 valence electrons. The highest BCUT2D eigenvalue weighted by atomic mass is 19.3. The van der Waals surface area contributed by atoms with Crippen LogP contribution in [0.1, 0.15) is 30.9 Å². The van der Waals surface area contributed by atoms with Crippen molar-refractivity contribution in [3.63, 3.8) is 0 Å². The Balaban J connectivity index is 2.02. The minimum atomic E-state index is -3.41. The first-order valence-corrected chi connectivity index (χ1v) is 7.32. The molecule has 1 heterocycles. The van der Waals surface area contributed by atoms with Crippen LogP contribution in [0.4, 0.5) is 14.5 Å². The van der Waals surface area contributed by atoms with Crippen molar-refractivity contribution in [3.05, 3.63) is 29.3 Å². The average Bonchev–Trinajstić information content (AvgIpc) is 2.45. The third-order valence-corrected chi connectivity index (χ3v) is 3.80. The van der Waals surface area contributed by atoms with Gasteiger partial charge in [0.1, 0.15) is 0 Å². The summed E-state index contributed by atoms with van der Waals surface area (Å²) in [6, 6.07) is 5.82. The minimum absolute atomic E-state index is 0.0282. The largest absolute Gasteiger partial charge is 0.462 e. The molecule has 1 aliphatic rings. The van der Waals surface area contributed by atoms with Gasteiger partial charge in [-0.1, -0.05) is 12.1 Å². The third-order valence-electron chi connectivity index (χ3n) is 3.80. The number of alkyl halides is 2. The highest BCUT2D eigenvalue weighted by Gasteiger charge is 2.39. The summed E-state index contributed by atoms with van der Waals surface area (Å²) in [7, 11) is 2.03. The van der Waals surface area contributed by atoms with Crippen LogP contribution in [0.2, 0.25) is 0 Å². The van der Waals surface area contributed by atoms with Gasteiger partial charge < -0.3 is 9.64 Å². The lowest BCUT2D eigenvalue weighted by Crippen LogP contribution is -2.31. The molecule has 0 unspecified atom stereocenters. The fraction of sp³-hybridized carbons (Fsp3) is 0.562. The van der Waals surface area contributed by atoms with Crippen molar-refractivity contribution in [2.45, 2.75) is 38.5 Å². The molecule has 0 aliphatic carbocycles. The van der Waals surface area contributed by atoms with Gasteiger partial charge in [0.2, 0.25) is 0 Å². The number of benzene rings is 1. The van der Waals surface area contributed by atoms with E-state index in [1.54, 1.807) is 0 Å². The van der Waals surface area contributed by atoms with Crippen LogP contribution in [0.3, 0.4) is 0 Å². The van der Waals surface area contributed by atoms with Gasteiger partial charge in [0.25, 0.3) is 0 Å². The first kappa shape index (κ1) is 15.7. The Bertz CT molecular complexity index is 517. The zero-order valence-corrected chi connectivity index (χ0v) is 12.5. The third kappa shape index (κ3) is 3.71. The van der Waals surface area contributed by atoms with Crippen molar-refractivity contribution >= 4 is 11.7 Å². The van der Waals surface area contributed by atoms with E-state index in [9.17, 15) is 13.6 Å². The predicted octanol–water partition coefficient (Wildman–Crippen LogP) is 3.20. The molecule has 0 radical (unpaired) electrons. The van der Waals surface area contributed by atoms with Gasteiger partial charge in [-0.2, -0.15) is 8.78 Å². The molecule has 0 atom stereocenters. The van der Waals surface area contributed by atoms with Crippen molar-refractivity contribution in [1.82, 2.24) is 0 Å². The molecule has 1 aromatic rings. The smallest absolute Gasteiger partial charge is 0.376 e. The van der Waals surface area contributed by atoms with Crippen molar-refractivity contribution in [3.8, 4) is 0 Å². The molecular formula is C16H21F2NO2. The second-order valence-corrected chi connectivity index (χ2v) is 5.41. The van der Waals surface area contributed by atoms with Crippen molar-refractivity contribution in [2.75, 3.05) is 25.1 Å². The van der Waals surface area contributed by atoms with Gasteiger partial charge in [0, 0.05) is 25.7 Å². The van der Waals surface area contributed by atoms with Crippen LogP contribution in [0.15, 0.2) is 18.2 Å². The Morgan fingerprint density at radius 3 is 2.90 bits per heavy atom. The van der Waals surface area contributed by atoms with Gasteiger partial charge in [0.15, 0.2) is 0 Å². The Hall–Kier alpha value is -1.65. The molecule has 3 nitrogen and oxygen atoms in total. The molecule has 5 heteroatoms. The molecule has 0 amide bonds. The van der Waals surface area contributed by atoms with Gasteiger partial charge in [-0.3, -0.25) is 0 Å². The number of hydrogen-bond acceptors (Lipinski definition) is 3. The average molecular weight is 297 g/mol. The first-order chi connectivity index (χ1) is 9.94. The van der Waals surface area contributed by atoms with Crippen molar-refractivity contribution in [2.24, 2.45) is 0 Å². The number of hydrogen-bond donors (Lipinski definition) is 0. The molecule has 1 aromatic carbocycles. The van der Waals surface area contributed by atoms with E-state index in [1.165, 1.54) is 18.2 Å². The molecule has 0 N–H and O–H groups in total. The van der Waals surface area contributed by atoms with Crippen molar-refractivity contribution in [1.29, 1.82) is 0 Å². The lowest BCUT2D eigenvalue weighted by Gasteiger charge is -2.28. The Morgan fingerprint density at radius 2 is 2.19 bits per heavy atom. The highest BCUT2D eigenvalue weighted by Crippen LogP contribution is 2.29. The topological polar surface area (TPSA) is 29.5 Å². The molecule has 0 bridgehead atoms. The van der Waals surface area contributed by atoms with Crippen LogP contribution in [-0.2, 0) is 22.4 Å². The zero-order chi connectivity index (χ0) is 15.5. The fourth-order valence-electron chi connectivity index (χ4n) is 2.63. The SMILES string of the molecule is CCOC(=O)C(F)(F)CCc1ccc2c(c1)CCCN2C. The van der Waals surface area contributed by atoms with Gasteiger partial charge in [-0.05, 0) is 43.4 Å². The number of anilines is 1. The monoisotopic (exact) mass is 297 g/mol. The van der Waals surface area contributed by atoms with Crippen LogP contribution >= 0.6 is 0 Å².